The Morgan fingerprint density at radius 2 is 1.35 bits per heavy atom. The number of hydrogen-bond donors (Lipinski definition) is 1. The lowest BCUT2D eigenvalue weighted by atomic mass is 10.1. The molecule has 0 aliphatic rings. The van der Waals surface area contributed by atoms with E-state index in [4.69, 9.17) is 0 Å². The van der Waals surface area contributed by atoms with Crippen molar-refractivity contribution in [3.63, 3.8) is 0 Å². The molecule has 1 amide bonds. The predicted molar refractivity (Wildman–Crippen MR) is 135 cm³/mol. The van der Waals surface area contributed by atoms with Crippen LogP contribution in [0.3, 0.4) is 0 Å². The molecule has 0 unspecified atom stereocenters. The Hall–Kier alpha value is -3.39. The van der Waals surface area contributed by atoms with Crippen LogP contribution in [-0.2, 0) is 23.1 Å². The maximum absolute atomic E-state index is 13.2. The number of benzene rings is 3. The molecule has 0 heterocycles. The van der Waals surface area contributed by atoms with Gasteiger partial charge in [0.2, 0.25) is 10.0 Å². The van der Waals surface area contributed by atoms with Crippen molar-refractivity contribution in [2.24, 2.45) is 0 Å². The van der Waals surface area contributed by atoms with Crippen molar-refractivity contribution in [2.75, 3.05) is 28.6 Å². The van der Waals surface area contributed by atoms with Crippen molar-refractivity contribution in [1.82, 2.24) is 5.32 Å². The van der Waals surface area contributed by atoms with Crippen LogP contribution in [0.15, 0.2) is 72.8 Å². The lowest BCUT2D eigenvalue weighted by Gasteiger charge is -2.23. The zero-order chi connectivity index (χ0) is 24.7. The molecule has 3 aromatic carbocycles. The molecule has 0 saturated carbocycles. The highest BCUT2D eigenvalue weighted by atomic mass is 32.2. The van der Waals surface area contributed by atoms with E-state index in [2.05, 4.69) is 24.1 Å². The first-order chi connectivity index (χ1) is 16.2. The summed E-state index contributed by atoms with van der Waals surface area (Å²) in [6.45, 7) is 6.54. The Morgan fingerprint density at radius 3 is 1.88 bits per heavy atom. The van der Waals surface area contributed by atoms with E-state index in [0.29, 0.717) is 23.4 Å². The molecule has 3 rings (SSSR count). The summed E-state index contributed by atoms with van der Waals surface area (Å²) >= 11 is 0. The number of sulfonamides is 1. The lowest BCUT2D eigenvalue weighted by Crippen LogP contribution is -2.29. The average molecular weight is 484 g/mol. The highest BCUT2D eigenvalue weighted by Gasteiger charge is 2.18. The van der Waals surface area contributed by atoms with E-state index in [-0.39, 0.29) is 18.3 Å². The summed E-state index contributed by atoms with van der Waals surface area (Å²) in [6.07, 6.45) is 1.11. The first kappa shape index (κ1) is 25.2. The Labute approximate surface area is 201 Å². The second kappa shape index (κ2) is 11.2. The molecular weight excluding hydrogens is 453 g/mol. The fourth-order valence-corrected chi connectivity index (χ4v) is 4.52. The van der Waals surface area contributed by atoms with Gasteiger partial charge < -0.3 is 10.2 Å². The van der Waals surface area contributed by atoms with Gasteiger partial charge in [0.15, 0.2) is 0 Å². The molecule has 0 spiro atoms. The molecule has 6 nitrogen and oxygen atoms in total. The smallest absolute Gasteiger partial charge is 0.251 e. The third-order valence-corrected chi connectivity index (χ3v) is 6.72. The predicted octanol–water partition coefficient (Wildman–Crippen LogP) is 4.57. The Bertz CT molecular complexity index is 1190. The van der Waals surface area contributed by atoms with Crippen LogP contribution in [0.2, 0.25) is 0 Å². The first-order valence-corrected chi connectivity index (χ1v) is 13.0. The number of nitrogens with zero attached hydrogens (tertiary/aromatic N) is 2. The van der Waals surface area contributed by atoms with Crippen LogP contribution in [0.25, 0.3) is 0 Å². The monoisotopic (exact) mass is 483 g/mol. The molecule has 8 heteroatoms. The van der Waals surface area contributed by atoms with E-state index < -0.39 is 10.0 Å². The zero-order valence-electron chi connectivity index (χ0n) is 19.7. The average Bonchev–Trinajstić information content (AvgIpc) is 2.83. The van der Waals surface area contributed by atoms with Gasteiger partial charge in [0.05, 0.1) is 18.5 Å². The van der Waals surface area contributed by atoms with Crippen LogP contribution in [0.5, 0.6) is 0 Å². The topological polar surface area (TPSA) is 69.7 Å². The van der Waals surface area contributed by atoms with Crippen LogP contribution in [-0.4, -0.2) is 33.7 Å². The molecule has 0 atom stereocenters. The molecule has 1 N–H and O–H groups in total. The third-order valence-electron chi connectivity index (χ3n) is 5.58. The van der Waals surface area contributed by atoms with Gasteiger partial charge in [-0.05, 0) is 73.5 Å². The SMILES string of the molecule is CCN(CC)c1ccc(CNC(=O)c2ccc(N(Cc3ccc(F)cc3)S(C)(=O)=O)cc2)cc1. The van der Waals surface area contributed by atoms with Crippen LogP contribution in [0, 0.1) is 5.82 Å². The van der Waals surface area contributed by atoms with Gasteiger partial charge in [-0.1, -0.05) is 24.3 Å². The van der Waals surface area contributed by atoms with Gasteiger partial charge in [0.1, 0.15) is 5.82 Å². The maximum atomic E-state index is 13.2. The van der Waals surface area contributed by atoms with Gasteiger partial charge in [0, 0.05) is 30.9 Å². The van der Waals surface area contributed by atoms with Crippen LogP contribution in [0.1, 0.15) is 35.3 Å². The van der Waals surface area contributed by atoms with Crippen molar-refractivity contribution >= 4 is 27.3 Å². The van der Waals surface area contributed by atoms with Crippen molar-refractivity contribution in [1.29, 1.82) is 0 Å². The van der Waals surface area contributed by atoms with Gasteiger partial charge >= 0.3 is 0 Å². The molecule has 0 aromatic heterocycles. The van der Waals surface area contributed by atoms with Crippen molar-refractivity contribution < 1.29 is 17.6 Å². The minimum Gasteiger partial charge on any atom is -0.372 e. The standard InChI is InChI=1S/C26H30FN3O3S/c1-4-29(5-2)24-14-8-20(9-15-24)18-28-26(31)22-10-16-25(17-11-22)30(34(3,32)33)19-21-6-12-23(27)13-7-21/h6-17H,4-5,18-19H2,1-3H3,(H,28,31). The Morgan fingerprint density at radius 1 is 0.824 bits per heavy atom. The van der Waals surface area contributed by atoms with Crippen LogP contribution < -0.4 is 14.5 Å². The van der Waals surface area contributed by atoms with Crippen LogP contribution >= 0.6 is 0 Å². The molecule has 34 heavy (non-hydrogen) atoms. The molecule has 3 aromatic rings. The highest BCUT2D eigenvalue weighted by Crippen LogP contribution is 2.22. The summed E-state index contributed by atoms with van der Waals surface area (Å²) in [6, 6.07) is 20.1. The van der Waals surface area contributed by atoms with E-state index in [1.807, 2.05) is 24.3 Å². The normalized spacial score (nSPS) is 11.2. The van der Waals surface area contributed by atoms with E-state index in [0.717, 1.165) is 30.6 Å². The summed E-state index contributed by atoms with van der Waals surface area (Å²) in [7, 11) is -3.58. The van der Waals surface area contributed by atoms with E-state index >= 15 is 0 Å². The number of carbonyl (C=O) groups is 1. The lowest BCUT2D eigenvalue weighted by molar-refractivity contribution is 0.0951. The van der Waals surface area contributed by atoms with Crippen LogP contribution in [0.4, 0.5) is 15.8 Å². The quantitative estimate of drug-likeness (QED) is 0.459. The number of rotatable bonds is 10. The Kier molecular flexibility index (Phi) is 8.28. The molecule has 0 saturated heterocycles. The van der Waals surface area contributed by atoms with Gasteiger partial charge in [-0.2, -0.15) is 0 Å². The van der Waals surface area contributed by atoms with Crippen molar-refractivity contribution in [3.05, 3.63) is 95.3 Å². The summed E-state index contributed by atoms with van der Waals surface area (Å²) in [5.74, 6) is -0.631. The minimum atomic E-state index is -3.58. The molecule has 0 fully saturated rings. The molecular formula is C26H30FN3O3S. The zero-order valence-corrected chi connectivity index (χ0v) is 20.5. The number of hydrogen-bond acceptors (Lipinski definition) is 4. The summed E-state index contributed by atoms with van der Waals surface area (Å²) in [5, 5.41) is 2.90. The summed E-state index contributed by atoms with van der Waals surface area (Å²) in [4.78, 5) is 14.8. The fourth-order valence-electron chi connectivity index (χ4n) is 3.63. The maximum Gasteiger partial charge on any atom is 0.251 e. The van der Waals surface area contributed by atoms with E-state index in [1.54, 1.807) is 36.4 Å². The largest absolute Gasteiger partial charge is 0.372 e. The van der Waals surface area contributed by atoms with Crippen molar-refractivity contribution in [2.45, 2.75) is 26.9 Å². The van der Waals surface area contributed by atoms with E-state index in [1.165, 1.54) is 16.4 Å². The van der Waals surface area contributed by atoms with Crippen molar-refractivity contribution in [3.8, 4) is 0 Å². The number of amides is 1. The summed E-state index contributed by atoms with van der Waals surface area (Å²) < 4.78 is 39.1. The molecule has 180 valence electrons. The second-order valence-electron chi connectivity index (χ2n) is 7.96. The molecule has 0 aliphatic carbocycles. The fraction of sp³-hybridized carbons (Fsp3) is 0.269. The van der Waals surface area contributed by atoms with Gasteiger partial charge in [-0.3, -0.25) is 9.10 Å². The van der Waals surface area contributed by atoms with Gasteiger partial charge in [-0.15, -0.1) is 0 Å². The first-order valence-electron chi connectivity index (χ1n) is 11.2. The highest BCUT2D eigenvalue weighted by molar-refractivity contribution is 7.92. The number of halogens is 1. The number of carbonyl (C=O) groups excluding carboxylic acids is 1. The molecule has 0 radical (unpaired) electrons. The number of nitrogens with one attached hydrogen (secondary N) is 1. The van der Waals surface area contributed by atoms with Gasteiger partial charge in [0.25, 0.3) is 5.91 Å². The molecule has 0 aliphatic heterocycles. The number of anilines is 2. The molecule has 0 bridgehead atoms. The second-order valence-corrected chi connectivity index (χ2v) is 9.87. The summed E-state index contributed by atoms with van der Waals surface area (Å²) in [5.41, 5.74) is 3.64. The van der Waals surface area contributed by atoms with E-state index in [9.17, 15) is 17.6 Å². The third kappa shape index (κ3) is 6.57. The minimum absolute atomic E-state index is 0.0636. The Balaban J connectivity index is 1.66. The van der Waals surface area contributed by atoms with Gasteiger partial charge in [-0.25, -0.2) is 12.8 Å².